The van der Waals surface area contributed by atoms with E-state index in [4.69, 9.17) is 0 Å². The van der Waals surface area contributed by atoms with Crippen molar-refractivity contribution in [2.45, 2.75) is 51.7 Å². The smallest absolute Gasteiger partial charge is 0.268 e. The summed E-state index contributed by atoms with van der Waals surface area (Å²) in [5.74, 6) is 0.0363. The van der Waals surface area contributed by atoms with E-state index in [1.165, 1.54) is 0 Å². The molecule has 0 aromatic carbocycles. The molecule has 4 nitrogen and oxygen atoms in total. The minimum Gasteiger partial charge on any atom is -0.346 e. The van der Waals surface area contributed by atoms with Crippen LogP contribution in [-0.4, -0.2) is 29.1 Å². The first kappa shape index (κ1) is 13.1. The number of hydrogen-bond acceptors (Lipinski definition) is 2. The van der Waals surface area contributed by atoms with Crippen LogP contribution in [0.1, 0.15) is 50.1 Å². The van der Waals surface area contributed by atoms with Gasteiger partial charge in [0.2, 0.25) is 0 Å². The van der Waals surface area contributed by atoms with Crippen LogP contribution in [0.5, 0.6) is 0 Å². The van der Waals surface area contributed by atoms with E-state index in [9.17, 15) is 4.79 Å². The van der Waals surface area contributed by atoms with Gasteiger partial charge in [0.15, 0.2) is 0 Å². The molecule has 2 atom stereocenters. The molecule has 1 amide bonds. The van der Waals surface area contributed by atoms with Crippen molar-refractivity contribution in [3.05, 3.63) is 24.0 Å². The number of rotatable bonds is 3. The van der Waals surface area contributed by atoms with Gasteiger partial charge in [-0.2, -0.15) is 0 Å². The molecule has 1 aromatic rings. The van der Waals surface area contributed by atoms with Gasteiger partial charge in [-0.15, -0.1) is 0 Å². The van der Waals surface area contributed by atoms with Crippen molar-refractivity contribution in [1.29, 1.82) is 0 Å². The number of aromatic nitrogens is 1. The maximum Gasteiger partial charge on any atom is 0.268 e. The molecule has 2 unspecified atom stereocenters. The second kappa shape index (κ2) is 5.57. The van der Waals surface area contributed by atoms with E-state index < -0.39 is 0 Å². The van der Waals surface area contributed by atoms with Crippen molar-refractivity contribution in [1.82, 2.24) is 15.2 Å². The van der Waals surface area contributed by atoms with E-state index >= 15 is 0 Å². The minimum absolute atomic E-state index is 0.0363. The number of carbonyl (C=O) groups is 1. The van der Waals surface area contributed by atoms with Gasteiger partial charge in [0, 0.05) is 24.3 Å². The standard InChI is InChI=1S/C14H23N3O/c1-10(2)17-9-5-7-13(17)14(18)16-12-6-4-8-15-11(12)3/h5,7,9-12,15H,4,6,8H2,1-3H3,(H,16,18). The Balaban J connectivity index is 2.05. The first-order valence-corrected chi connectivity index (χ1v) is 6.80. The number of piperidine rings is 1. The lowest BCUT2D eigenvalue weighted by molar-refractivity contribution is 0.0909. The van der Waals surface area contributed by atoms with Gasteiger partial charge >= 0.3 is 0 Å². The minimum atomic E-state index is 0.0363. The Bertz CT molecular complexity index is 411. The Labute approximate surface area is 109 Å². The highest BCUT2D eigenvalue weighted by Gasteiger charge is 2.24. The second-order valence-corrected chi connectivity index (χ2v) is 5.36. The van der Waals surface area contributed by atoms with E-state index in [2.05, 4.69) is 31.4 Å². The lowest BCUT2D eigenvalue weighted by atomic mass is 10.00. The van der Waals surface area contributed by atoms with E-state index in [0.717, 1.165) is 25.1 Å². The van der Waals surface area contributed by atoms with Crippen molar-refractivity contribution in [2.75, 3.05) is 6.54 Å². The highest BCUT2D eigenvalue weighted by Crippen LogP contribution is 2.13. The lowest BCUT2D eigenvalue weighted by Crippen LogP contribution is -2.52. The molecule has 4 heteroatoms. The molecular weight excluding hydrogens is 226 g/mol. The maximum absolute atomic E-state index is 12.3. The molecule has 0 radical (unpaired) electrons. The number of amides is 1. The fourth-order valence-electron chi connectivity index (χ4n) is 2.52. The maximum atomic E-state index is 12.3. The van der Waals surface area contributed by atoms with Gasteiger partial charge in [0.05, 0.1) is 0 Å². The quantitative estimate of drug-likeness (QED) is 0.860. The van der Waals surface area contributed by atoms with E-state index in [0.29, 0.717) is 12.1 Å². The predicted octanol–water partition coefficient (Wildman–Crippen LogP) is 1.94. The van der Waals surface area contributed by atoms with Gasteiger partial charge in [0.25, 0.3) is 5.91 Å². The van der Waals surface area contributed by atoms with Crippen LogP contribution in [-0.2, 0) is 0 Å². The Morgan fingerprint density at radius 2 is 2.33 bits per heavy atom. The fraction of sp³-hybridized carbons (Fsp3) is 0.643. The summed E-state index contributed by atoms with van der Waals surface area (Å²) >= 11 is 0. The topological polar surface area (TPSA) is 46.1 Å². The molecule has 0 aliphatic carbocycles. The van der Waals surface area contributed by atoms with Gasteiger partial charge in [-0.25, -0.2) is 0 Å². The van der Waals surface area contributed by atoms with Crippen LogP contribution < -0.4 is 10.6 Å². The summed E-state index contributed by atoms with van der Waals surface area (Å²) in [6.07, 6.45) is 4.14. The first-order chi connectivity index (χ1) is 8.59. The van der Waals surface area contributed by atoms with Crippen LogP contribution in [0.15, 0.2) is 18.3 Å². The Morgan fingerprint density at radius 3 is 3.00 bits per heavy atom. The van der Waals surface area contributed by atoms with Gasteiger partial charge in [-0.1, -0.05) is 0 Å². The van der Waals surface area contributed by atoms with Crippen molar-refractivity contribution in [3.8, 4) is 0 Å². The SMILES string of the molecule is CC1NCCCC1NC(=O)c1cccn1C(C)C. The van der Waals surface area contributed by atoms with Crippen LogP contribution >= 0.6 is 0 Å². The third kappa shape index (κ3) is 2.75. The molecule has 1 saturated heterocycles. The molecule has 0 bridgehead atoms. The van der Waals surface area contributed by atoms with Crippen molar-refractivity contribution in [3.63, 3.8) is 0 Å². The Kier molecular flexibility index (Phi) is 4.07. The Morgan fingerprint density at radius 1 is 1.56 bits per heavy atom. The third-order valence-corrected chi connectivity index (χ3v) is 3.65. The molecule has 1 aromatic heterocycles. The van der Waals surface area contributed by atoms with E-state index in [1.807, 2.05) is 22.9 Å². The molecule has 0 saturated carbocycles. The Hall–Kier alpha value is -1.29. The number of carbonyl (C=O) groups excluding carboxylic acids is 1. The molecule has 1 aliphatic rings. The summed E-state index contributed by atoms with van der Waals surface area (Å²) in [4.78, 5) is 12.3. The average Bonchev–Trinajstić information content (AvgIpc) is 2.81. The number of hydrogen-bond donors (Lipinski definition) is 2. The van der Waals surface area contributed by atoms with E-state index in [1.54, 1.807) is 0 Å². The lowest BCUT2D eigenvalue weighted by Gasteiger charge is -2.30. The zero-order valence-corrected chi connectivity index (χ0v) is 11.4. The van der Waals surface area contributed by atoms with Crippen LogP contribution in [0, 0.1) is 0 Å². The number of nitrogens with zero attached hydrogens (tertiary/aromatic N) is 1. The zero-order chi connectivity index (χ0) is 13.1. The molecular formula is C14H23N3O. The van der Waals surface area contributed by atoms with E-state index in [-0.39, 0.29) is 11.9 Å². The molecule has 1 aliphatic heterocycles. The van der Waals surface area contributed by atoms with Crippen LogP contribution in [0.3, 0.4) is 0 Å². The molecule has 18 heavy (non-hydrogen) atoms. The molecule has 100 valence electrons. The monoisotopic (exact) mass is 249 g/mol. The molecule has 2 rings (SSSR count). The fourth-order valence-corrected chi connectivity index (χ4v) is 2.52. The highest BCUT2D eigenvalue weighted by atomic mass is 16.2. The summed E-state index contributed by atoms with van der Waals surface area (Å²) < 4.78 is 2.01. The summed E-state index contributed by atoms with van der Waals surface area (Å²) in [7, 11) is 0. The van der Waals surface area contributed by atoms with Crippen LogP contribution in [0.25, 0.3) is 0 Å². The van der Waals surface area contributed by atoms with Gasteiger partial charge in [-0.3, -0.25) is 4.79 Å². The third-order valence-electron chi connectivity index (χ3n) is 3.65. The van der Waals surface area contributed by atoms with Crippen molar-refractivity contribution >= 4 is 5.91 Å². The van der Waals surface area contributed by atoms with Crippen LogP contribution in [0.4, 0.5) is 0 Å². The van der Waals surface area contributed by atoms with Crippen molar-refractivity contribution < 1.29 is 4.79 Å². The van der Waals surface area contributed by atoms with Gasteiger partial charge in [0.1, 0.15) is 5.69 Å². The summed E-state index contributed by atoms with van der Waals surface area (Å²) in [5, 5.41) is 6.54. The second-order valence-electron chi connectivity index (χ2n) is 5.36. The molecule has 2 N–H and O–H groups in total. The number of nitrogens with one attached hydrogen (secondary N) is 2. The first-order valence-electron chi connectivity index (χ1n) is 6.80. The highest BCUT2D eigenvalue weighted by molar-refractivity contribution is 5.93. The van der Waals surface area contributed by atoms with Crippen LogP contribution in [0.2, 0.25) is 0 Å². The zero-order valence-electron chi connectivity index (χ0n) is 11.4. The normalized spacial score (nSPS) is 24.2. The largest absolute Gasteiger partial charge is 0.346 e. The molecule has 2 heterocycles. The predicted molar refractivity (Wildman–Crippen MR) is 72.8 cm³/mol. The molecule has 0 spiro atoms. The van der Waals surface area contributed by atoms with Gasteiger partial charge < -0.3 is 15.2 Å². The average molecular weight is 249 g/mol. The summed E-state index contributed by atoms with van der Waals surface area (Å²) in [6, 6.07) is 4.71. The molecule has 1 fully saturated rings. The van der Waals surface area contributed by atoms with Gasteiger partial charge in [-0.05, 0) is 52.3 Å². The summed E-state index contributed by atoms with van der Waals surface area (Å²) in [6.45, 7) is 7.35. The summed E-state index contributed by atoms with van der Waals surface area (Å²) in [5.41, 5.74) is 0.753. The van der Waals surface area contributed by atoms with Crippen molar-refractivity contribution in [2.24, 2.45) is 0 Å².